The second-order valence-corrected chi connectivity index (χ2v) is 4.57. The summed E-state index contributed by atoms with van der Waals surface area (Å²) < 4.78 is 11.1. The number of benzene rings is 2. The number of ether oxygens (including phenoxy) is 2. The van der Waals surface area contributed by atoms with Gasteiger partial charge in [0, 0.05) is 0 Å². The number of nitrogens with zero attached hydrogens (tertiary/aromatic N) is 2. The molecule has 2 rings (SSSR count). The predicted molar refractivity (Wildman–Crippen MR) is 77.9 cm³/mol. The minimum absolute atomic E-state index is 0.753. The van der Waals surface area contributed by atoms with Crippen molar-refractivity contribution in [1.29, 1.82) is 0 Å². The fraction of sp³-hybridized carbons (Fsp3) is 0.143. The van der Waals surface area contributed by atoms with E-state index < -0.39 is 0 Å². The van der Waals surface area contributed by atoms with Crippen LogP contribution in [0.5, 0.6) is 11.5 Å². The molecule has 0 N–H and O–H groups in total. The highest BCUT2D eigenvalue weighted by Crippen LogP contribution is 2.30. The van der Waals surface area contributed by atoms with Crippen LogP contribution in [0.1, 0.15) is 0 Å². The van der Waals surface area contributed by atoms with Crippen LogP contribution in [0.3, 0.4) is 0 Å². The van der Waals surface area contributed by atoms with E-state index in [-0.39, 0.29) is 0 Å². The Morgan fingerprint density at radius 2 is 1.47 bits per heavy atom. The van der Waals surface area contributed by atoms with Gasteiger partial charge in [-0.25, -0.2) is 0 Å². The maximum absolute atomic E-state index is 5.16. The minimum atomic E-state index is 0.753. The molecule has 0 aliphatic heterocycles. The van der Waals surface area contributed by atoms with Crippen molar-refractivity contribution in [2.24, 2.45) is 10.2 Å². The number of rotatable bonds is 4. The van der Waals surface area contributed by atoms with Gasteiger partial charge >= 0.3 is 0 Å². The summed E-state index contributed by atoms with van der Waals surface area (Å²) >= 11 is 3.41. The zero-order chi connectivity index (χ0) is 13.7. The van der Waals surface area contributed by atoms with Gasteiger partial charge in [-0.3, -0.25) is 0 Å². The number of hydrogen-bond donors (Lipinski definition) is 0. The van der Waals surface area contributed by atoms with Gasteiger partial charge in [0.25, 0.3) is 0 Å². The Bertz CT molecular complexity index is 582. The van der Waals surface area contributed by atoms with Crippen molar-refractivity contribution in [3.05, 3.63) is 46.9 Å². The molecule has 0 aliphatic rings. The lowest BCUT2D eigenvalue weighted by Crippen LogP contribution is -1.82. The smallest absolute Gasteiger partial charge is 0.133 e. The normalized spacial score (nSPS) is 10.7. The zero-order valence-electron chi connectivity index (χ0n) is 10.6. The van der Waals surface area contributed by atoms with Gasteiger partial charge in [-0.05, 0) is 58.4 Å². The molecule has 2 aromatic carbocycles. The molecule has 2 aromatic rings. The molecule has 0 heterocycles. The minimum Gasteiger partial charge on any atom is -0.497 e. The van der Waals surface area contributed by atoms with Crippen molar-refractivity contribution >= 4 is 27.3 Å². The van der Waals surface area contributed by atoms with E-state index in [1.807, 2.05) is 42.5 Å². The lowest BCUT2D eigenvalue weighted by atomic mass is 10.3. The second kappa shape index (κ2) is 6.33. The standard InChI is InChI=1S/C14H13BrN2O2/c1-18-12-6-3-10(4-7-12)16-17-11-5-8-14(19-2)13(15)9-11/h3-9H,1-2H3. The Labute approximate surface area is 120 Å². The molecular weight excluding hydrogens is 308 g/mol. The third-order valence-corrected chi connectivity index (χ3v) is 3.11. The molecule has 0 amide bonds. The van der Waals surface area contributed by atoms with E-state index >= 15 is 0 Å². The van der Waals surface area contributed by atoms with Crippen molar-refractivity contribution in [2.45, 2.75) is 0 Å². The van der Waals surface area contributed by atoms with E-state index in [1.165, 1.54) is 0 Å². The number of methoxy groups -OCH3 is 2. The van der Waals surface area contributed by atoms with Gasteiger partial charge in [0.1, 0.15) is 11.5 Å². The van der Waals surface area contributed by atoms with Crippen molar-refractivity contribution in [2.75, 3.05) is 14.2 Å². The highest BCUT2D eigenvalue weighted by molar-refractivity contribution is 9.10. The summed E-state index contributed by atoms with van der Waals surface area (Å²) in [7, 11) is 3.25. The lowest BCUT2D eigenvalue weighted by Gasteiger charge is -2.02. The topological polar surface area (TPSA) is 43.2 Å². The molecule has 4 nitrogen and oxygen atoms in total. The predicted octanol–water partition coefficient (Wildman–Crippen LogP) is 4.88. The summed E-state index contributed by atoms with van der Waals surface area (Å²) in [5.41, 5.74) is 1.52. The quantitative estimate of drug-likeness (QED) is 0.753. The van der Waals surface area contributed by atoms with E-state index in [2.05, 4.69) is 26.2 Å². The SMILES string of the molecule is COc1ccc(N=Nc2ccc(OC)c(Br)c2)cc1. The second-order valence-electron chi connectivity index (χ2n) is 3.72. The van der Waals surface area contributed by atoms with Crippen molar-refractivity contribution in [3.8, 4) is 11.5 Å². The molecule has 5 heteroatoms. The van der Waals surface area contributed by atoms with Gasteiger partial charge in [-0.1, -0.05) is 0 Å². The number of azo groups is 1. The van der Waals surface area contributed by atoms with Crippen LogP contribution < -0.4 is 9.47 Å². The Morgan fingerprint density at radius 3 is 2.05 bits per heavy atom. The summed E-state index contributed by atoms with van der Waals surface area (Å²) in [6.07, 6.45) is 0. The molecule has 19 heavy (non-hydrogen) atoms. The largest absolute Gasteiger partial charge is 0.497 e. The maximum atomic E-state index is 5.16. The maximum Gasteiger partial charge on any atom is 0.133 e. The molecule has 0 radical (unpaired) electrons. The van der Waals surface area contributed by atoms with Gasteiger partial charge in [0.2, 0.25) is 0 Å². The van der Waals surface area contributed by atoms with Gasteiger partial charge in [0.15, 0.2) is 0 Å². The molecule has 0 unspecified atom stereocenters. The zero-order valence-corrected chi connectivity index (χ0v) is 12.2. The highest BCUT2D eigenvalue weighted by atomic mass is 79.9. The number of hydrogen-bond acceptors (Lipinski definition) is 4. The fourth-order valence-corrected chi connectivity index (χ4v) is 2.01. The van der Waals surface area contributed by atoms with Crippen LogP contribution in [-0.4, -0.2) is 14.2 Å². The van der Waals surface area contributed by atoms with Crippen LogP contribution in [0.2, 0.25) is 0 Å². The highest BCUT2D eigenvalue weighted by Gasteiger charge is 2.00. The van der Waals surface area contributed by atoms with Gasteiger partial charge in [-0.2, -0.15) is 10.2 Å². The average Bonchev–Trinajstić information content (AvgIpc) is 2.46. The van der Waals surface area contributed by atoms with E-state index in [4.69, 9.17) is 9.47 Å². The molecule has 0 atom stereocenters. The summed E-state index contributed by atoms with van der Waals surface area (Å²) in [5.74, 6) is 1.56. The molecular formula is C14H13BrN2O2. The third-order valence-electron chi connectivity index (χ3n) is 2.49. The first kappa shape index (κ1) is 13.5. The summed E-state index contributed by atoms with van der Waals surface area (Å²) in [6.45, 7) is 0. The first-order chi connectivity index (χ1) is 9.22. The molecule has 0 spiro atoms. The van der Waals surface area contributed by atoms with E-state index in [9.17, 15) is 0 Å². The molecule has 98 valence electrons. The van der Waals surface area contributed by atoms with Gasteiger partial charge < -0.3 is 9.47 Å². The molecule has 0 aliphatic carbocycles. The van der Waals surface area contributed by atoms with E-state index in [0.29, 0.717) is 0 Å². The Kier molecular flexibility index (Phi) is 4.52. The summed E-state index contributed by atoms with van der Waals surface area (Å²) in [5, 5.41) is 8.32. The Hall–Kier alpha value is -1.88. The van der Waals surface area contributed by atoms with Crippen LogP contribution in [-0.2, 0) is 0 Å². The fourth-order valence-electron chi connectivity index (χ4n) is 1.48. The molecule has 0 saturated heterocycles. The van der Waals surface area contributed by atoms with Gasteiger partial charge in [-0.15, -0.1) is 0 Å². The van der Waals surface area contributed by atoms with Crippen molar-refractivity contribution in [1.82, 2.24) is 0 Å². The summed E-state index contributed by atoms with van der Waals surface area (Å²) in [4.78, 5) is 0. The van der Waals surface area contributed by atoms with Crippen LogP contribution in [0.25, 0.3) is 0 Å². The first-order valence-corrected chi connectivity index (χ1v) is 6.41. The molecule has 0 aromatic heterocycles. The average molecular weight is 321 g/mol. The third kappa shape index (κ3) is 3.54. The Balaban J connectivity index is 2.15. The molecule has 0 fully saturated rings. The van der Waals surface area contributed by atoms with Crippen molar-refractivity contribution in [3.63, 3.8) is 0 Å². The number of halogens is 1. The lowest BCUT2D eigenvalue weighted by molar-refractivity contribution is 0.412. The summed E-state index contributed by atoms with van der Waals surface area (Å²) in [6, 6.07) is 12.9. The van der Waals surface area contributed by atoms with Crippen LogP contribution in [0.4, 0.5) is 11.4 Å². The van der Waals surface area contributed by atoms with Gasteiger partial charge in [0.05, 0.1) is 30.1 Å². The van der Waals surface area contributed by atoms with Crippen LogP contribution in [0, 0.1) is 0 Å². The van der Waals surface area contributed by atoms with Crippen LogP contribution >= 0.6 is 15.9 Å². The molecule has 0 bridgehead atoms. The van der Waals surface area contributed by atoms with Crippen molar-refractivity contribution < 1.29 is 9.47 Å². The monoisotopic (exact) mass is 320 g/mol. The van der Waals surface area contributed by atoms with Crippen LogP contribution in [0.15, 0.2) is 57.2 Å². The molecule has 0 saturated carbocycles. The van der Waals surface area contributed by atoms with E-state index in [1.54, 1.807) is 14.2 Å². The Morgan fingerprint density at radius 1 is 0.842 bits per heavy atom. The van der Waals surface area contributed by atoms with E-state index in [0.717, 1.165) is 27.3 Å². The first-order valence-electron chi connectivity index (χ1n) is 5.62.